The summed E-state index contributed by atoms with van der Waals surface area (Å²) < 4.78 is 1.29. The number of nitrogen functional groups attached to an aromatic ring is 1. The van der Waals surface area contributed by atoms with Gasteiger partial charge in [-0.15, -0.1) is 0 Å². The molecule has 0 saturated heterocycles. The number of hydrogen-bond acceptors (Lipinski definition) is 6. The van der Waals surface area contributed by atoms with Gasteiger partial charge >= 0.3 is 0 Å². The van der Waals surface area contributed by atoms with Gasteiger partial charge in [0.05, 0.1) is 24.2 Å². The fourth-order valence-electron chi connectivity index (χ4n) is 2.56. The largest absolute Gasteiger partial charge is 0.394 e. The summed E-state index contributed by atoms with van der Waals surface area (Å²) in [6.45, 7) is -0.0697. The second kappa shape index (κ2) is 7.24. The highest BCUT2D eigenvalue weighted by Crippen LogP contribution is 2.28. The van der Waals surface area contributed by atoms with Crippen LogP contribution in [0.2, 0.25) is 5.15 Å². The summed E-state index contributed by atoms with van der Waals surface area (Å²) in [7, 11) is 0. The number of pyridine rings is 1. The molecule has 0 aliphatic heterocycles. The number of nitrogens with two attached hydrogens (primary N) is 1. The van der Waals surface area contributed by atoms with Crippen LogP contribution in [0.3, 0.4) is 0 Å². The first-order valence-electron chi connectivity index (χ1n) is 7.63. The van der Waals surface area contributed by atoms with Crippen LogP contribution in [0.15, 0.2) is 30.3 Å². The number of aliphatic hydroxyl groups is 1. The quantitative estimate of drug-likeness (QED) is 0.541. The predicted molar refractivity (Wildman–Crippen MR) is 98.7 cm³/mol. The molecule has 0 aliphatic rings. The molecule has 2 heterocycles. The molecule has 1 aromatic carbocycles. The van der Waals surface area contributed by atoms with Gasteiger partial charge < -0.3 is 10.8 Å². The lowest BCUT2D eigenvalue weighted by Gasteiger charge is -2.03. The van der Waals surface area contributed by atoms with Crippen molar-refractivity contribution in [3.05, 3.63) is 52.3 Å². The SMILES string of the molecule is N#CC(=Cc1cc2ccccc2nc1Cl)c1nn(CCO)c(N)c1C#N. The molecule has 0 saturated carbocycles. The molecule has 0 amide bonds. The van der Waals surface area contributed by atoms with E-state index in [1.165, 1.54) is 10.8 Å². The third kappa shape index (κ3) is 3.09. The maximum absolute atomic E-state index is 9.56. The zero-order chi connectivity index (χ0) is 18.7. The average Bonchev–Trinajstić information content (AvgIpc) is 2.95. The second-order valence-electron chi connectivity index (χ2n) is 5.40. The van der Waals surface area contributed by atoms with Crippen molar-refractivity contribution >= 4 is 40.0 Å². The van der Waals surface area contributed by atoms with E-state index in [0.29, 0.717) is 5.56 Å². The molecule has 3 rings (SSSR count). The smallest absolute Gasteiger partial charge is 0.140 e. The topological polar surface area (TPSA) is 125 Å². The van der Waals surface area contributed by atoms with E-state index in [1.807, 2.05) is 42.5 Å². The number of halogens is 1. The first kappa shape index (κ1) is 17.4. The number of hydrogen-bond donors (Lipinski definition) is 2. The zero-order valence-electron chi connectivity index (χ0n) is 13.5. The van der Waals surface area contributed by atoms with Gasteiger partial charge in [-0.05, 0) is 18.2 Å². The highest BCUT2D eigenvalue weighted by Gasteiger charge is 2.19. The van der Waals surface area contributed by atoms with E-state index >= 15 is 0 Å². The van der Waals surface area contributed by atoms with Gasteiger partial charge in [0.15, 0.2) is 0 Å². The molecule has 3 N–H and O–H groups in total. The molecule has 0 fully saturated rings. The lowest BCUT2D eigenvalue weighted by Crippen LogP contribution is -2.07. The van der Waals surface area contributed by atoms with Crippen LogP contribution < -0.4 is 5.73 Å². The van der Waals surface area contributed by atoms with Crippen LogP contribution in [-0.2, 0) is 6.54 Å². The van der Waals surface area contributed by atoms with Crippen molar-refractivity contribution in [1.82, 2.24) is 14.8 Å². The minimum atomic E-state index is -0.192. The molecule has 26 heavy (non-hydrogen) atoms. The molecule has 0 atom stereocenters. The lowest BCUT2D eigenvalue weighted by molar-refractivity contribution is 0.270. The number of benzene rings is 1. The van der Waals surface area contributed by atoms with Gasteiger partial charge in [-0.3, -0.25) is 0 Å². The highest BCUT2D eigenvalue weighted by atomic mass is 35.5. The van der Waals surface area contributed by atoms with E-state index in [1.54, 1.807) is 0 Å². The Morgan fingerprint density at radius 3 is 2.81 bits per heavy atom. The van der Waals surface area contributed by atoms with Gasteiger partial charge in [0.25, 0.3) is 0 Å². The van der Waals surface area contributed by atoms with Crippen molar-refractivity contribution in [2.24, 2.45) is 0 Å². The van der Waals surface area contributed by atoms with Crippen molar-refractivity contribution in [3.8, 4) is 12.1 Å². The van der Waals surface area contributed by atoms with Gasteiger partial charge in [0.1, 0.15) is 34.4 Å². The fraction of sp³-hybridized carbons (Fsp3) is 0.111. The third-order valence-corrected chi connectivity index (χ3v) is 4.10. The lowest BCUT2D eigenvalue weighted by atomic mass is 10.1. The maximum atomic E-state index is 9.56. The van der Waals surface area contributed by atoms with Gasteiger partial charge in [-0.25, -0.2) is 9.67 Å². The van der Waals surface area contributed by atoms with Crippen molar-refractivity contribution in [2.75, 3.05) is 12.3 Å². The maximum Gasteiger partial charge on any atom is 0.140 e. The van der Waals surface area contributed by atoms with Crippen LogP contribution in [-0.4, -0.2) is 26.5 Å². The molecule has 0 bridgehead atoms. The van der Waals surface area contributed by atoms with E-state index in [9.17, 15) is 10.5 Å². The Morgan fingerprint density at radius 1 is 1.35 bits per heavy atom. The molecule has 0 unspecified atom stereocenters. The molecule has 7 nitrogen and oxygen atoms in total. The van der Waals surface area contributed by atoms with E-state index < -0.39 is 0 Å². The fourth-order valence-corrected chi connectivity index (χ4v) is 2.76. The first-order valence-corrected chi connectivity index (χ1v) is 8.01. The summed E-state index contributed by atoms with van der Waals surface area (Å²) in [6.07, 6.45) is 1.52. The third-order valence-electron chi connectivity index (χ3n) is 3.80. The molecule has 2 aromatic heterocycles. The molecule has 3 aromatic rings. The van der Waals surface area contributed by atoms with E-state index in [2.05, 4.69) is 10.1 Å². The molecular formula is C18H13ClN6O. The monoisotopic (exact) mass is 364 g/mol. The van der Waals surface area contributed by atoms with Crippen LogP contribution in [0.25, 0.3) is 22.6 Å². The molecule has 8 heteroatoms. The van der Waals surface area contributed by atoms with Crippen LogP contribution >= 0.6 is 11.6 Å². The Hall–Kier alpha value is -3.39. The summed E-state index contributed by atoms with van der Waals surface area (Å²) >= 11 is 6.24. The number of para-hydroxylation sites is 1. The van der Waals surface area contributed by atoms with Crippen LogP contribution in [0, 0.1) is 22.7 Å². The number of aromatic nitrogens is 3. The zero-order valence-corrected chi connectivity index (χ0v) is 14.3. The normalized spacial score (nSPS) is 11.3. The van der Waals surface area contributed by atoms with E-state index in [4.69, 9.17) is 22.4 Å². The molecule has 0 radical (unpaired) electrons. The first-order chi connectivity index (χ1) is 12.6. The second-order valence-corrected chi connectivity index (χ2v) is 5.76. The highest BCUT2D eigenvalue weighted by molar-refractivity contribution is 6.31. The summed E-state index contributed by atoms with van der Waals surface area (Å²) in [4.78, 5) is 4.31. The van der Waals surface area contributed by atoms with Crippen molar-refractivity contribution in [2.45, 2.75) is 6.54 Å². The van der Waals surface area contributed by atoms with Gasteiger partial charge in [0.2, 0.25) is 0 Å². The van der Waals surface area contributed by atoms with E-state index in [-0.39, 0.29) is 41.0 Å². The van der Waals surface area contributed by atoms with Gasteiger partial charge in [0, 0.05) is 10.9 Å². The standard InChI is InChI=1S/C18H13ClN6O/c19-17-12(7-11-3-1-2-4-15(11)23-17)8-13(9-20)16-14(10-21)18(22)25(24-16)5-6-26/h1-4,7-8,26H,5-6,22H2. The number of nitriles is 2. The Bertz CT molecular complexity index is 1100. The Kier molecular flexibility index (Phi) is 4.85. The van der Waals surface area contributed by atoms with Gasteiger partial charge in [-0.2, -0.15) is 15.6 Å². The number of nitrogens with zero attached hydrogens (tertiary/aromatic N) is 5. The minimum Gasteiger partial charge on any atom is -0.394 e. The Balaban J connectivity index is 2.16. The van der Waals surface area contributed by atoms with Crippen molar-refractivity contribution in [3.63, 3.8) is 0 Å². The number of anilines is 1. The summed E-state index contributed by atoms with van der Waals surface area (Å²) in [5, 5.41) is 33.3. The van der Waals surface area contributed by atoms with Crippen LogP contribution in [0.4, 0.5) is 5.82 Å². The summed E-state index contributed by atoms with van der Waals surface area (Å²) in [5.74, 6) is 0.0976. The minimum absolute atomic E-state index is 0.0797. The molecule has 0 spiro atoms. The predicted octanol–water partition coefficient (Wildman–Crippen LogP) is 2.60. The number of rotatable bonds is 4. The van der Waals surface area contributed by atoms with Crippen molar-refractivity contribution < 1.29 is 5.11 Å². The summed E-state index contributed by atoms with van der Waals surface area (Å²) in [5.41, 5.74) is 7.50. The number of fused-ring (bicyclic) bond motifs is 1. The number of aliphatic hydroxyl groups excluding tert-OH is 1. The van der Waals surface area contributed by atoms with E-state index in [0.717, 1.165) is 10.9 Å². The summed E-state index contributed by atoms with van der Waals surface area (Å²) in [6, 6.07) is 13.3. The average molecular weight is 365 g/mol. The number of allylic oxidation sites excluding steroid dienone is 1. The van der Waals surface area contributed by atoms with Crippen LogP contribution in [0.5, 0.6) is 0 Å². The van der Waals surface area contributed by atoms with Crippen molar-refractivity contribution in [1.29, 1.82) is 10.5 Å². The molecular weight excluding hydrogens is 352 g/mol. The molecule has 128 valence electrons. The molecule has 0 aliphatic carbocycles. The van der Waals surface area contributed by atoms with Gasteiger partial charge in [-0.1, -0.05) is 29.8 Å². The van der Waals surface area contributed by atoms with Crippen LogP contribution in [0.1, 0.15) is 16.8 Å². The Labute approximate surface area is 154 Å². The Morgan fingerprint density at radius 2 is 2.12 bits per heavy atom.